The Labute approximate surface area is 283 Å². The summed E-state index contributed by atoms with van der Waals surface area (Å²) in [5.41, 5.74) is 12.0. The highest BCUT2D eigenvalue weighted by molar-refractivity contribution is 5.89. The van der Waals surface area contributed by atoms with Crippen molar-refractivity contribution in [3.05, 3.63) is 103 Å². The monoisotopic (exact) mass is 655 g/mol. The van der Waals surface area contributed by atoms with E-state index in [9.17, 15) is 9.90 Å². The molecule has 7 rings (SSSR count). The number of anilines is 3. The molecule has 0 bridgehead atoms. The fourth-order valence-corrected chi connectivity index (χ4v) is 6.21. The molecule has 0 radical (unpaired) electrons. The van der Waals surface area contributed by atoms with Crippen LogP contribution in [-0.2, 0) is 6.61 Å². The lowest BCUT2D eigenvalue weighted by Gasteiger charge is -2.42. The van der Waals surface area contributed by atoms with Crippen LogP contribution in [0.1, 0.15) is 12.5 Å². The third-order valence-corrected chi connectivity index (χ3v) is 8.88. The number of likely N-dealkylation sites (N-methyl/N-ethyl adjacent to an activating group) is 1. The van der Waals surface area contributed by atoms with Crippen LogP contribution in [0, 0.1) is 0 Å². The number of rotatable bonds is 8. The number of hydrogen-bond donors (Lipinski definition) is 4. The number of carbonyl (C=O) groups excluding carboxylic acids is 1. The number of para-hydroxylation sites is 1. The van der Waals surface area contributed by atoms with E-state index in [-0.39, 0.29) is 30.7 Å². The molecule has 13 heteroatoms. The number of nitrogens with zero attached hydrogens (tertiary/aromatic N) is 8. The topological polar surface area (TPSA) is 163 Å². The van der Waals surface area contributed by atoms with E-state index in [1.165, 1.54) is 0 Å². The molecule has 49 heavy (non-hydrogen) atoms. The first kappa shape index (κ1) is 31.7. The summed E-state index contributed by atoms with van der Waals surface area (Å²) in [6, 6.07) is 26.4. The highest BCUT2D eigenvalue weighted by Crippen LogP contribution is 2.29. The quantitative estimate of drug-likeness (QED) is 0.181. The summed E-state index contributed by atoms with van der Waals surface area (Å²) in [6.45, 7) is 3.81. The van der Waals surface area contributed by atoms with Crippen molar-refractivity contribution >= 4 is 34.6 Å². The van der Waals surface area contributed by atoms with Gasteiger partial charge in [-0.3, -0.25) is 9.47 Å². The number of benzene rings is 3. The van der Waals surface area contributed by atoms with Gasteiger partial charge in [-0.2, -0.15) is 4.98 Å². The molecule has 0 spiro atoms. The van der Waals surface area contributed by atoms with Gasteiger partial charge in [0.15, 0.2) is 0 Å². The van der Waals surface area contributed by atoms with Gasteiger partial charge in [0.05, 0.1) is 29.0 Å². The standard InChI is InChI=1S/C36H37N11O2/c1-23(32-20-46(17-16-45(32)2)36(49)41-26-9-4-3-5-10-26)40-35-43-29(27-11-7-6-8-25(27)21-48)19-33(44-35)47-22-39-30-18-24(12-13-31(30)47)28-14-15-38-34(37)42-28/h3-15,18-19,22-23,32,48H,16-17,20-21H2,1-2H3,(H,41,49)(H2,37,38,42)(H,40,43,44). The highest BCUT2D eigenvalue weighted by atomic mass is 16.3. The van der Waals surface area contributed by atoms with Gasteiger partial charge in [-0.1, -0.05) is 48.5 Å². The first-order chi connectivity index (χ1) is 23.9. The van der Waals surface area contributed by atoms with Gasteiger partial charge in [-0.05, 0) is 49.9 Å². The van der Waals surface area contributed by atoms with Crippen LogP contribution in [-0.4, -0.2) is 89.2 Å². The predicted molar refractivity (Wildman–Crippen MR) is 190 cm³/mol. The van der Waals surface area contributed by atoms with Crippen LogP contribution in [0.4, 0.5) is 22.4 Å². The molecule has 2 amide bonds. The summed E-state index contributed by atoms with van der Waals surface area (Å²) in [6.07, 6.45) is 3.36. The second-order valence-corrected chi connectivity index (χ2v) is 12.1. The van der Waals surface area contributed by atoms with Crippen molar-refractivity contribution in [3.63, 3.8) is 0 Å². The molecule has 2 unspecified atom stereocenters. The van der Waals surface area contributed by atoms with E-state index in [2.05, 4.69) is 44.5 Å². The van der Waals surface area contributed by atoms with Crippen LogP contribution in [0.3, 0.4) is 0 Å². The summed E-state index contributed by atoms with van der Waals surface area (Å²) in [5.74, 6) is 1.23. The number of hydrogen-bond acceptors (Lipinski definition) is 10. The van der Waals surface area contributed by atoms with Gasteiger partial charge >= 0.3 is 6.03 Å². The van der Waals surface area contributed by atoms with Crippen molar-refractivity contribution in [3.8, 4) is 28.3 Å². The fraction of sp³-hybridized carbons (Fsp3) is 0.222. The van der Waals surface area contributed by atoms with Gasteiger partial charge in [0, 0.05) is 60.8 Å². The summed E-state index contributed by atoms with van der Waals surface area (Å²) >= 11 is 0. The van der Waals surface area contributed by atoms with E-state index in [4.69, 9.17) is 15.7 Å². The molecular formula is C36H37N11O2. The maximum Gasteiger partial charge on any atom is 0.321 e. The van der Waals surface area contributed by atoms with Crippen molar-refractivity contribution < 1.29 is 9.90 Å². The number of imidazole rings is 1. The second kappa shape index (κ2) is 13.7. The van der Waals surface area contributed by atoms with E-state index >= 15 is 0 Å². The molecule has 248 valence electrons. The lowest BCUT2D eigenvalue weighted by molar-refractivity contribution is 0.108. The van der Waals surface area contributed by atoms with Gasteiger partial charge in [-0.15, -0.1) is 0 Å². The Morgan fingerprint density at radius 3 is 2.59 bits per heavy atom. The summed E-state index contributed by atoms with van der Waals surface area (Å²) in [5, 5.41) is 16.7. The third kappa shape index (κ3) is 6.75. The van der Waals surface area contributed by atoms with Gasteiger partial charge in [-0.25, -0.2) is 24.7 Å². The number of nitrogens with two attached hydrogens (primary N) is 1. The molecule has 3 aromatic heterocycles. The highest BCUT2D eigenvalue weighted by Gasteiger charge is 2.32. The molecule has 0 aliphatic carbocycles. The number of nitrogens with one attached hydrogen (secondary N) is 2. The van der Waals surface area contributed by atoms with Crippen LogP contribution >= 0.6 is 0 Å². The molecule has 3 aromatic carbocycles. The zero-order valence-corrected chi connectivity index (χ0v) is 27.2. The molecule has 1 saturated heterocycles. The number of carbonyl (C=O) groups is 1. The van der Waals surface area contributed by atoms with Crippen LogP contribution < -0.4 is 16.4 Å². The van der Waals surface area contributed by atoms with E-state index in [1.54, 1.807) is 12.5 Å². The fourth-order valence-electron chi connectivity index (χ4n) is 6.21. The largest absolute Gasteiger partial charge is 0.392 e. The summed E-state index contributed by atoms with van der Waals surface area (Å²) < 4.78 is 1.92. The zero-order valence-electron chi connectivity index (χ0n) is 27.2. The first-order valence-corrected chi connectivity index (χ1v) is 16.1. The third-order valence-electron chi connectivity index (χ3n) is 8.88. The minimum atomic E-state index is -0.132. The van der Waals surface area contributed by atoms with Gasteiger partial charge < -0.3 is 26.4 Å². The predicted octanol–water partition coefficient (Wildman–Crippen LogP) is 4.66. The SMILES string of the molecule is CC(Nc1nc(-c2ccccc2CO)cc(-n2cnc3cc(-c4ccnc(N)n4)ccc32)n1)C1CN(C(=O)Nc2ccccc2)CCN1C. The Hall–Kier alpha value is -5.92. The maximum atomic E-state index is 13.2. The normalized spacial score (nSPS) is 15.7. The van der Waals surface area contributed by atoms with Gasteiger partial charge in [0.2, 0.25) is 11.9 Å². The van der Waals surface area contributed by atoms with E-state index < -0.39 is 0 Å². The molecule has 4 heterocycles. The number of aliphatic hydroxyl groups excluding tert-OH is 1. The van der Waals surface area contributed by atoms with Crippen molar-refractivity contribution in [2.24, 2.45) is 0 Å². The molecule has 0 saturated carbocycles. The smallest absolute Gasteiger partial charge is 0.321 e. The minimum Gasteiger partial charge on any atom is -0.392 e. The van der Waals surface area contributed by atoms with Gasteiger partial charge in [0.25, 0.3) is 0 Å². The molecule has 13 nitrogen and oxygen atoms in total. The summed E-state index contributed by atoms with van der Waals surface area (Å²) in [7, 11) is 2.07. The lowest BCUT2D eigenvalue weighted by atomic mass is 10.0. The number of amides is 2. The Kier molecular flexibility index (Phi) is 8.83. The average Bonchev–Trinajstić information content (AvgIpc) is 3.55. The molecular weight excluding hydrogens is 618 g/mol. The molecule has 5 N–H and O–H groups in total. The molecule has 1 fully saturated rings. The number of aliphatic hydroxyl groups is 1. The Morgan fingerprint density at radius 1 is 0.959 bits per heavy atom. The number of urea groups is 1. The van der Waals surface area contributed by atoms with Crippen molar-refractivity contribution in [1.29, 1.82) is 0 Å². The minimum absolute atomic E-state index is 0.0148. The maximum absolute atomic E-state index is 13.2. The number of fused-ring (bicyclic) bond motifs is 1. The molecule has 6 aromatic rings. The zero-order chi connectivity index (χ0) is 33.9. The number of piperazine rings is 1. The van der Waals surface area contributed by atoms with E-state index in [0.717, 1.165) is 40.0 Å². The summed E-state index contributed by atoms with van der Waals surface area (Å²) in [4.78, 5) is 40.2. The molecule has 1 aliphatic heterocycles. The Bertz CT molecular complexity index is 2100. The number of aromatic nitrogens is 6. The van der Waals surface area contributed by atoms with Gasteiger partial charge in [0.1, 0.15) is 12.1 Å². The van der Waals surface area contributed by atoms with Crippen LogP contribution in [0.5, 0.6) is 0 Å². The van der Waals surface area contributed by atoms with E-state index in [0.29, 0.717) is 36.2 Å². The van der Waals surface area contributed by atoms with Crippen molar-refractivity contribution in [2.75, 3.05) is 43.0 Å². The van der Waals surface area contributed by atoms with Crippen molar-refractivity contribution in [2.45, 2.75) is 25.6 Å². The lowest BCUT2D eigenvalue weighted by Crippen LogP contribution is -2.59. The second-order valence-electron chi connectivity index (χ2n) is 12.1. The number of nitrogen functional groups attached to an aromatic ring is 1. The molecule has 2 atom stereocenters. The van der Waals surface area contributed by atoms with Crippen LogP contribution in [0.15, 0.2) is 97.5 Å². The first-order valence-electron chi connectivity index (χ1n) is 16.1. The average molecular weight is 656 g/mol. The van der Waals surface area contributed by atoms with Crippen LogP contribution in [0.25, 0.3) is 39.4 Å². The van der Waals surface area contributed by atoms with E-state index in [1.807, 2.05) is 94.4 Å². The Morgan fingerprint density at radius 2 is 1.78 bits per heavy atom. The van der Waals surface area contributed by atoms with Crippen LogP contribution in [0.2, 0.25) is 0 Å². The Balaban J connectivity index is 1.20. The molecule has 1 aliphatic rings. The van der Waals surface area contributed by atoms with Crippen molar-refractivity contribution in [1.82, 2.24) is 39.3 Å².